The Hall–Kier alpha value is -2.98. The average Bonchev–Trinajstić information content (AvgIpc) is 3.21. The van der Waals surface area contributed by atoms with E-state index in [0.717, 1.165) is 47.0 Å². The molecule has 1 aliphatic heterocycles. The van der Waals surface area contributed by atoms with Crippen LogP contribution in [-0.2, 0) is 23.3 Å². The first-order chi connectivity index (χ1) is 18.2. The van der Waals surface area contributed by atoms with Crippen LogP contribution in [0.4, 0.5) is 4.79 Å². The van der Waals surface area contributed by atoms with Crippen LogP contribution in [0.5, 0.6) is 0 Å². The van der Waals surface area contributed by atoms with Gasteiger partial charge in [-0.05, 0) is 58.7 Å². The van der Waals surface area contributed by atoms with Crippen molar-refractivity contribution in [2.24, 2.45) is 7.05 Å². The molecule has 0 bridgehead atoms. The second kappa shape index (κ2) is 11.2. The van der Waals surface area contributed by atoms with E-state index in [2.05, 4.69) is 30.3 Å². The summed E-state index contributed by atoms with van der Waals surface area (Å²) in [6.45, 7) is 16.8. The van der Waals surface area contributed by atoms with Gasteiger partial charge in [0.1, 0.15) is 18.2 Å². The highest BCUT2D eigenvalue weighted by Crippen LogP contribution is 2.31. The molecular formula is C29H43N5O4Si. The van der Waals surface area contributed by atoms with Crippen LogP contribution in [0.2, 0.25) is 25.7 Å². The molecule has 1 amide bonds. The summed E-state index contributed by atoms with van der Waals surface area (Å²) < 4.78 is 15.4. The highest BCUT2D eigenvalue weighted by molar-refractivity contribution is 6.76. The fourth-order valence-corrected chi connectivity index (χ4v) is 5.58. The Kier molecular flexibility index (Phi) is 8.37. The fourth-order valence-electron chi connectivity index (χ4n) is 4.83. The first-order valence-electron chi connectivity index (χ1n) is 13.8. The van der Waals surface area contributed by atoms with Crippen molar-refractivity contribution in [2.45, 2.75) is 84.5 Å². The number of hydrogen-bond acceptors (Lipinski definition) is 6. The molecule has 0 saturated carbocycles. The molecule has 9 nitrogen and oxygen atoms in total. The van der Waals surface area contributed by atoms with Crippen LogP contribution in [0.25, 0.3) is 22.3 Å². The number of fused-ring (bicyclic) bond motifs is 1. The summed E-state index contributed by atoms with van der Waals surface area (Å²) in [6, 6.07) is 5.08. The van der Waals surface area contributed by atoms with E-state index in [4.69, 9.17) is 19.4 Å². The molecular weight excluding hydrogens is 510 g/mol. The highest BCUT2D eigenvalue weighted by Gasteiger charge is 2.29. The van der Waals surface area contributed by atoms with Gasteiger partial charge in [0.15, 0.2) is 0 Å². The van der Waals surface area contributed by atoms with Crippen LogP contribution in [0.15, 0.2) is 29.3 Å². The molecule has 0 atom stereocenters. The van der Waals surface area contributed by atoms with Crippen LogP contribution in [-0.4, -0.2) is 63.5 Å². The van der Waals surface area contributed by atoms with Crippen LogP contribution >= 0.6 is 0 Å². The quantitative estimate of drug-likeness (QED) is 0.282. The van der Waals surface area contributed by atoms with Crippen molar-refractivity contribution >= 4 is 25.2 Å². The smallest absolute Gasteiger partial charge is 0.410 e. The van der Waals surface area contributed by atoms with Gasteiger partial charge >= 0.3 is 6.09 Å². The number of amides is 1. The summed E-state index contributed by atoms with van der Waals surface area (Å²) in [5.41, 5.74) is 3.82. The van der Waals surface area contributed by atoms with Crippen LogP contribution in [0.1, 0.15) is 50.9 Å². The molecule has 0 aromatic carbocycles. The number of likely N-dealkylation sites (tertiary alicyclic amines) is 1. The van der Waals surface area contributed by atoms with E-state index in [-0.39, 0.29) is 17.6 Å². The van der Waals surface area contributed by atoms with Crippen molar-refractivity contribution in [3.8, 4) is 11.3 Å². The first kappa shape index (κ1) is 29.0. The molecule has 1 aliphatic rings. The lowest BCUT2D eigenvalue weighted by Gasteiger charge is -2.32. The minimum Gasteiger partial charge on any atom is -0.444 e. The second-order valence-corrected chi connectivity index (χ2v) is 18.5. The SMILES string of the molecule is Cc1cc(-c2cc3nc(C4CCN(C(=O)OC(C)(C)C)CC4)ncc3n2COCC[Si](C)(C)C)cn(C)c1=O. The number of rotatable bonds is 7. The van der Waals surface area contributed by atoms with Crippen molar-refractivity contribution in [1.29, 1.82) is 0 Å². The topological polar surface area (TPSA) is 91.5 Å². The molecule has 4 heterocycles. The van der Waals surface area contributed by atoms with Crippen molar-refractivity contribution < 1.29 is 14.3 Å². The maximum Gasteiger partial charge on any atom is 0.410 e. The van der Waals surface area contributed by atoms with Crippen molar-refractivity contribution in [3.05, 3.63) is 46.3 Å². The largest absolute Gasteiger partial charge is 0.444 e. The molecule has 3 aromatic heterocycles. The number of aryl methyl sites for hydroxylation is 2. The van der Waals surface area contributed by atoms with Crippen LogP contribution in [0, 0.1) is 6.92 Å². The van der Waals surface area contributed by atoms with E-state index >= 15 is 0 Å². The van der Waals surface area contributed by atoms with E-state index < -0.39 is 13.7 Å². The molecule has 10 heteroatoms. The molecule has 0 spiro atoms. The summed E-state index contributed by atoms with van der Waals surface area (Å²) in [7, 11) is 0.564. The molecule has 0 N–H and O–H groups in total. The van der Waals surface area contributed by atoms with Gasteiger partial charge in [-0.15, -0.1) is 0 Å². The van der Waals surface area contributed by atoms with E-state index in [9.17, 15) is 9.59 Å². The number of hydrogen-bond donors (Lipinski definition) is 0. The van der Waals surface area contributed by atoms with E-state index in [1.54, 1.807) is 16.5 Å². The van der Waals surface area contributed by atoms with Gasteiger partial charge in [-0.3, -0.25) is 4.79 Å². The monoisotopic (exact) mass is 553 g/mol. The lowest BCUT2D eigenvalue weighted by atomic mass is 9.96. The first-order valence-corrected chi connectivity index (χ1v) is 17.5. The number of ether oxygens (including phenoxy) is 2. The molecule has 1 fully saturated rings. The third kappa shape index (κ3) is 7.16. The van der Waals surface area contributed by atoms with Crippen LogP contribution < -0.4 is 5.56 Å². The highest BCUT2D eigenvalue weighted by atomic mass is 28.3. The minimum atomic E-state index is -1.21. The number of aromatic nitrogens is 4. The van der Waals surface area contributed by atoms with Gasteiger partial charge < -0.3 is 23.5 Å². The Morgan fingerprint density at radius 3 is 2.46 bits per heavy atom. The molecule has 0 radical (unpaired) electrons. The zero-order valence-electron chi connectivity index (χ0n) is 24.7. The zero-order valence-corrected chi connectivity index (χ0v) is 25.7. The molecule has 1 saturated heterocycles. The van der Waals surface area contributed by atoms with Gasteiger partial charge in [-0.25, -0.2) is 14.8 Å². The summed E-state index contributed by atoms with van der Waals surface area (Å²) in [6.07, 6.45) is 5.07. The normalized spacial score (nSPS) is 15.2. The summed E-state index contributed by atoms with van der Waals surface area (Å²) in [5, 5.41) is 0. The van der Waals surface area contributed by atoms with Gasteiger partial charge in [0, 0.05) is 58.1 Å². The van der Waals surface area contributed by atoms with Crippen molar-refractivity contribution in [1.82, 2.24) is 24.0 Å². The molecule has 0 aliphatic carbocycles. The molecule has 0 unspecified atom stereocenters. The van der Waals surface area contributed by atoms with Gasteiger partial charge in [-0.1, -0.05) is 19.6 Å². The lowest BCUT2D eigenvalue weighted by Crippen LogP contribution is -2.41. The molecule has 3 aromatic rings. The van der Waals surface area contributed by atoms with E-state index in [1.807, 2.05) is 46.2 Å². The van der Waals surface area contributed by atoms with Gasteiger partial charge in [0.25, 0.3) is 5.56 Å². The van der Waals surface area contributed by atoms with Crippen molar-refractivity contribution in [3.63, 3.8) is 0 Å². The van der Waals surface area contributed by atoms with Gasteiger partial charge in [0.2, 0.25) is 0 Å². The van der Waals surface area contributed by atoms with E-state index in [1.165, 1.54) is 0 Å². The van der Waals surface area contributed by atoms with Crippen LogP contribution in [0.3, 0.4) is 0 Å². The van der Waals surface area contributed by atoms with Crippen molar-refractivity contribution in [2.75, 3.05) is 19.7 Å². The predicted octanol–water partition coefficient (Wildman–Crippen LogP) is 5.53. The maximum atomic E-state index is 12.5. The molecule has 4 rings (SSSR count). The predicted molar refractivity (Wildman–Crippen MR) is 157 cm³/mol. The zero-order chi connectivity index (χ0) is 28.5. The average molecular weight is 554 g/mol. The fraction of sp³-hybridized carbons (Fsp3) is 0.586. The Balaban J connectivity index is 1.60. The second-order valence-electron chi connectivity index (χ2n) is 12.9. The Bertz CT molecular complexity index is 1370. The minimum absolute atomic E-state index is 0.00685. The maximum absolute atomic E-state index is 12.5. The Morgan fingerprint density at radius 2 is 1.85 bits per heavy atom. The Morgan fingerprint density at radius 1 is 1.15 bits per heavy atom. The summed E-state index contributed by atoms with van der Waals surface area (Å²) in [4.78, 5) is 36.4. The summed E-state index contributed by atoms with van der Waals surface area (Å²) >= 11 is 0. The summed E-state index contributed by atoms with van der Waals surface area (Å²) in [5.74, 6) is 0.971. The number of pyridine rings is 1. The number of carbonyl (C=O) groups excluding carboxylic acids is 1. The molecule has 212 valence electrons. The lowest BCUT2D eigenvalue weighted by molar-refractivity contribution is 0.0203. The number of piperidine rings is 1. The number of nitrogens with zero attached hydrogens (tertiary/aromatic N) is 5. The third-order valence-electron chi connectivity index (χ3n) is 7.06. The molecule has 39 heavy (non-hydrogen) atoms. The Labute approximate surface area is 232 Å². The standard InChI is InChI=1S/C29H43N5O4Si/c1-20-15-22(18-32(5)27(20)35)24-16-23-25(34(24)19-37-13-14-39(6,7)8)17-30-26(31-23)21-9-11-33(12-10-21)28(36)38-29(2,3)4/h15-18,21H,9-14,19H2,1-8H3. The number of carbonyl (C=O) groups is 1. The van der Waals surface area contributed by atoms with Gasteiger partial charge in [0.05, 0.1) is 22.9 Å². The van der Waals surface area contributed by atoms with Gasteiger partial charge in [-0.2, -0.15) is 0 Å². The van der Waals surface area contributed by atoms with E-state index in [0.29, 0.717) is 32.0 Å². The third-order valence-corrected chi connectivity index (χ3v) is 8.76.